The predicted octanol–water partition coefficient (Wildman–Crippen LogP) is 4.49. The molecule has 1 aliphatic carbocycles. The maximum Gasteiger partial charge on any atom is 0.142 e. The van der Waals surface area contributed by atoms with Gasteiger partial charge in [-0.2, -0.15) is 0 Å². The lowest BCUT2D eigenvalue weighted by Crippen LogP contribution is -2.15. The van der Waals surface area contributed by atoms with Crippen molar-refractivity contribution in [3.8, 4) is 0 Å². The first-order valence-corrected chi connectivity index (χ1v) is 6.72. The Morgan fingerprint density at radius 1 is 1.37 bits per heavy atom. The molecule has 2 nitrogen and oxygen atoms in total. The second kappa shape index (κ2) is 6.37. The van der Waals surface area contributed by atoms with Crippen molar-refractivity contribution in [3.63, 3.8) is 0 Å². The molecule has 19 heavy (non-hydrogen) atoms. The van der Waals surface area contributed by atoms with Crippen molar-refractivity contribution in [2.24, 2.45) is 11.1 Å². The molecule has 1 aromatic carbocycles. The molecule has 0 N–H and O–H groups in total. The highest BCUT2D eigenvalue weighted by molar-refractivity contribution is 6.00. The summed E-state index contributed by atoms with van der Waals surface area (Å²) in [6.07, 6.45) is 4.24. The van der Waals surface area contributed by atoms with Crippen LogP contribution >= 0.6 is 0 Å². The van der Waals surface area contributed by atoms with Crippen molar-refractivity contribution >= 4 is 5.71 Å². The number of oxime groups is 1. The summed E-state index contributed by atoms with van der Waals surface area (Å²) in [5.74, 6) is 0.503. The third-order valence-corrected chi connectivity index (χ3v) is 3.55. The van der Waals surface area contributed by atoms with E-state index in [-0.39, 0.29) is 0 Å². The summed E-state index contributed by atoms with van der Waals surface area (Å²) in [4.78, 5) is 5.48. The van der Waals surface area contributed by atoms with Crippen molar-refractivity contribution in [2.75, 3.05) is 0 Å². The van der Waals surface area contributed by atoms with Gasteiger partial charge < -0.3 is 4.84 Å². The van der Waals surface area contributed by atoms with Gasteiger partial charge in [-0.05, 0) is 37.3 Å². The normalized spacial score (nSPS) is 21.1. The number of hydrogen-bond donors (Lipinski definition) is 0. The Labute approximate surface area is 115 Å². The van der Waals surface area contributed by atoms with Gasteiger partial charge in [-0.15, -0.1) is 0 Å². The second-order valence-corrected chi connectivity index (χ2v) is 5.17. The number of allylic oxidation sites excluding steroid dienone is 3. The van der Waals surface area contributed by atoms with Gasteiger partial charge in [0, 0.05) is 6.42 Å². The number of hydrogen-bond acceptors (Lipinski definition) is 2. The maximum atomic E-state index is 5.48. The van der Waals surface area contributed by atoms with Gasteiger partial charge in [0.05, 0.1) is 5.71 Å². The van der Waals surface area contributed by atoms with Crippen LogP contribution in [0.15, 0.2) is 59.3 Å². The first-order valence-electron chi connectivity index (χ1n) is 6.72. The molecule has 0 saturated heterocycles. The van der Waals surface area contributed by atoms with Crippen molar-refractivity contribution < 1.29 is 4.84 Å². The van der Waals surface area contributed by atoms with Crippen LogP contribution in [0.2, 0.25) is 0 Å². The molecular formula is C17H21NO. The highest BCUT2D eigenvalue weighted by atomic mass is 16.6. The van der Waals surface area contributed by atoms with E-state index >= 15 is 0 Å². The predicted molar refractivity (Wildman–Crippen MR) is 80.0 cm³/mol. The third kappa shape index (κ3) is 3.82. The molecule has 0 radical (unpaired) electrons. The Bertz CT molecular complexity index is 499. The van der Waals surface area contributed by atoms with E-state index in [1.54, 1.807) is 0 Å². The Kier molecular flexibility index (Phi) is 4.56. The fraction of sp³-hybridized carbons (Fsp3) is 0.353. The number of nitrogens with zero attached hydrogens (tertiary/aromatic N) is 1. The van der Waals surface area contributed by atoms with E-state index in [4.69, 9.17) is 4.84 Å². The van der Waals surface area contributed by atoms with Crippen LogP contribution in [0.4, 0.5) is 0 Å². The summed E-state index contributed by atoms with van der Waals surface area (Å²) in [5.41, 5.74) is 4.64. The SMILES string of the molecule is C=C(C)C1CC=C(C)/C(=N/OCc2ccccc2)C1. The van der Waals surface area contributed by atoms with E-state index < -0.39 is 0 Å². The molecule has 0 amide bonds. The van der Waals surface area contributed by atoms with Gasteiger partial charge >= 0.3 is 0 Å². The smallest absolute Gasteiger partial charge is 0.142 e. The lowest BCUT2D eigenvalue weighted by Gasteiger charge is -2.21. The summed E-state index contributed by atoms with van der Waals surface area (Å²) >= 11 is 0. The molecule has 0 aromatic heterocycles. The second-order valence-electron chi connectivity index (χ2n) is 5.17. The van der Waals surface area contributed by atoms with E-state index in [1.165, 1.54) is 11.1 Å². The molecule has 2 rings (SSSR count). The Morgan fingerprint density at radius 3 is 2.79 bits per heavy atom. The van der Waals surface area contributed by atoms with Crippen LogP contribution in [-0.4, -0.2) is 5.71 Å². The molecule has 100 valence electrons. The van der Waals surface area contributed by atoms with E-state index in [0.29, 0.717) is 12.5 Å². The first kappa shape index (κ1) is 13.6. The third-order valence-electron chi connectivity index (χ3n) is 3.55. The van der Waals surface area contributed by atoms with E-state index in [1.807, 2.05) is 30.3 Å². The van der Waals surface area contributed by atoms with Crippen LogP contribution in [-0.2, 0) is 11.4 Å². The van der Waals surface area contributed by atoms with Gasteiger partial charge in [0.15, 0.2) is 0 Å². The minimum Gasteiger partial charge on any atom is -0.391 e. The molecule has 0 heterocycles. The van der Waals surface area contributed by atoms with Crippen molar-refractivity contribution in [1.82, 2.24) is 0 Å². The topological polar surface area (TPSA) is 21.6 Å². The number of rotatable bonds is 4. The molecule has 0 saturated carbocycles. The fourth-order valence-corrected chi connectivity index (χ4v) is 2.16. The summed E-state index contributed by atoms with van der Waals surface area (Å²) in [6.45, 7) is 8.75. The zero-order valence-electron chi connectivity index (χ0n) is 11.7. The van der Waals surface area contributed by atoms with E-state index in [9.17, 15) is 0 Å². The Balaban J connectivity index is 1.96. The van der Waals surface area contributed by atoms with E-state index in [0.717, 1.165) is 24.1 Å². The molecular weight excluding hydrogens is 234 g/mol. The van der Waals surface area contributed by atoms with Crippen LogP contribution in [0.25, 0.3) is 0 Å². The quantitative estimate of drug-likeness (QED) is 0.573. The van der Waals surface area contributed by atoms with Crippen molar-refractivity contribution in [1.29, 1.82) is 0 Å². The zero-order valence-corrected chi connectivity index (χ0v) is 11.7. The molecule has 0 bridgehead atoms. The highest BCUT2D eigenvalue weighted by Crippen LogP contribution is 2.26. The van der Waals surface area contributed by atoms with Gasteiger partial charge in [-0.1, -0.05) is 53.7 Å². The van der Waals surface area contributed by atoms with Crippen LogP contribution in [0.3, 0.4) is 0 Å². The fourth-order valence-electron chi connectivity index (χ4n) is 2.16. The maximum absolute atomic E-state index is 5.48. The summed E-state index contributed by atoms with van der Waals surface area (Å²) in [7, 11) is 0. The Morgan fingerprint density at radius 2 is 2.11 bits per heavy atom. The lowest BCUT2D eigenvalue weighted by molar-refractivity contribution is 0.129. The van der Waals surface area contributed by atoms with Crippen LogP contribution < -0.4 is 0 Å². The molecule has 2 heteroatoms. The average molecular weight is 255 g/mol. The van der Waals surface area contributed by atoms with Gasteiger partial charge in [-0.25, -0.2) is 0 Å². The summed E-state index contributed by atoms with van der Waals surface area (Å²) < 4.78 is 0. The molecule has 0 spiro atoms. The standard InChI is InChI=1S/C17H21NO/c1-13(2)16-10-9-14(3)17(11-16)18-19-12-15-7-5-4-6-8-15/h4-9,16H,1,10-12H2,2-3H3/b18-17+. The van der Waals surface area contributed by atoms with Crippen LogP contribution in [0.1, 0.15) is 32.3 Å². The minimum atomic E-state index is 0.503. The van der Waals surface area contributed by atoms with Crippen LogP contribution in [0.5, 0.6) is 0 Å². The minimum absolute atomic E-state index is 0.503. The highest BCUT2D eigenvalue weighted by Gasteiger charge is 2.18. The summed E-state index contributed by atoms with van der Waals surface area (Å²) in [5, 5.41) is 4.30. The van der Waals surface area contributed by atoms with Crippen molar-refractivity contribution in [3.05, 3.63) is 59.7 Å². The van der Waals surface area contributed by atoms with E-state index in [2.05, 4.69) is 31.7 Å². The lowest BCUT2D eigenvalue weighted by atomic mass is 9.85. The van der Waals surface area contributed by atoms with Gasteiger partial charge in [0.25, 0.3) is 0 Å². The molecule has 1 unspecified atom stereocenters. The van der Waals surface area contributed by atoms with Gasteiger partial charge in [0.2, 0.25) is 0 Å². The number of benzene rings is 1. The molecule has 1 aliphatic rings. The molecule has 1 atom stereocenters. The molecule has 0 aliphatic heterocycles. The molecule has 0 fully saturated rings. The van der Waals surface area contributed by atoms with Gasteiger partial charge in [-0.3, -0.25) is 0 Å². The Hall–Kier alpha value is -1.83. The first-order chi connectivity index (χ1) is 9.16. The average Bonchev–Trinajstić information content (AvgIpc) is 2.42. The summed E-state index contributed by atoms with van der Waals surface area (Å²) in [6, 6.07) is 10.1. The zero-order chi connectivity index (χ0) is 13.7. The van der Waals surface area contributed by atoms with Crippen LogP contribution in [0, 0.1) is 5.92 Å². The van der Waals surface area contributed by atoms with Gasteiger partial charge in [0.1, 0.15) is 6.61 Å². The van der Waals surface area contributed by atoms with Crippen molar-refractivity contribution in [2.45, 2.75) is 33.3 Å². The monoisotopic (exact) mass is 255 g/mol. The molecule has 1 aromatic rings. The largest absolute Gasteiger partial charge is 0.391 e.